The summed E-state index contributed by atoms with van der Waals surface area (Å²) in [5, 5.41) is 2.29. The van der Waals surface area contributed by atoms with Gasteiger partial charge >= 0.3 is 0 Å². The first-order chi connectivity index (χ1) is 12.4. The zero-order valence-electron chi connectivity index (χ0n) is 16.3. The van der Waals surface area contributed by atoms with Gasteiger partial charge in [0.25, 0.3) is 0 Å². The Labute approximate surface area is 154 Å². The van der Waals surface area contributed by atoms with Crippen LogP contribution in [0.3, 0.4) is 0 Å². The van der Waals surface area contributed by atoms with E-state index in [2.05, 4.69) is 66.7 Å². The maximum atomic E-state index is 6.35. The molecule has 5 heterocycles. The number of pyridine rings is 1. The molecule has 6 rings (SSSR count). The van der Waals surface area contributed by atoms with Crippen molar-refractivity contribution in [3.63, 3.8) is 0 Å². The first-order valence-electron chi connectivity index (χ1n) is 9.73. The summed E-state index contributed by atoms with van der Waals surface area (Å²) in [7, 11) is 0. The van der Waals surface area contributed by atoms with Crippen LogP contribution in [0.2, 0.25) is 0 Å². The molecule has 136 valence electrons. The van der Waals surface area contributed by atoms with Gasteiger partial charge in [0.1, 0.15) is 0 Å². The van der Waals surface area contributed by atoms with Crippen LogP contribution < -0.4 is 4.90 Å². The Hall–Kier alpha value is -2.07. The molecule has 0 spiro atoms. The Balaban J connectivity index is 1.79. The van der Waals surface area contributed by atoms with Crippen LogP contribution in [0.4, 0.5) is 5.69 Å². The lowest BCUT2D eigenvalue weighted by atomic mass is 9.78. The van der Waals surface area contributed by atoms with Gasteiger partial charge in [-0.15, -0.1) is 0 Å². The van der Waals surface area contributed by atoms with Crippen molar-refractivity contribution in [3.8, 4) is 0 Å². The molecular formula is C22H27N3O. The fourth-order valence-electron chi connectivity index (χ4n) is 5.47. The van der Waals surface area contributed by atoms with Crippen LogP contribution >= 0.6 is 0 Å². The molecule has 4 atom stereocenters. The van der Waals surface area contributed by atoms with Gasteiger partial charge in [0, 0.05) is 34.6 Å². The number of hydrogen-bond acceptors (Lipinski definition) is 4. The van der Waals surface area contributed by atoms with Gasteiger partial charge in [-0.3, -0.25) is 4.90 Å². The van der Waals surface area contributed by atoms with E-state index in [4.69, 9.17) is 4.42 Å². The molecule has 0 amide bonds. The van der Waals surface area contributed by atoms with E-state index in [1.165, 1.54) is 36.0 Å². The topological polar surface area (TPSA) is 32.5 Å². The van der Waals surface area contributed by atoms with Crippen molar-refractivity contribution in [2.45, 2.75) is 65.2 Å². The summed E-state index contributed by atoms with van der Waals surface area (Å²) in [6.07, 6.45) is 2.78. The number of piperidine rings is 1. The minimum absolute atomic E-state index is 0.176. The van der Waals surface area contributed by atoms with Crippen LogP contribution in [-0.4, -0.2) is 34.2 Å². The Kier molecular flexibility index (Phi) is 3.24. The summed E-state index contributed by atoms with van der Waals surface area (Å²) in [6, 6.07) is 9.27. The predicted octanol–water partition coefficient (Wildman–Crippen LogP) is 5.01. The van der Waals surface area contributed by atoms with Gasteiger partial charge in [-0.1, -0.05) is 12.1 Å². The molecule has 0 N–H and O–H groups in total. The average Bonchev–Trinajstić information content (AvgIpc) is 2.93. The second-order valence-electron chi connectivity index (χ2n) is 8.55. The van der Waals surface area contributed by atoms with E-state index < -0.39 is 0 Å². The van der Waals surface area contributed by atoms with Gasteiger partial charge in [0.15, 0.2) is 5.58 Å². The lowest BCUT2D eigenvalue weighted by molar-refractivity contribution is 0.00487. The van der Waals surface area contributed by atoms with E-state index >= 15 is 0 Å². The molecular weight excluding hydrogens is 322 g/mol. The summed E-state index contributed by atoms with van der Waals surface area (Å²) < 4.78 is 6.35. The average molecular weight is 349 g/mol. The molecule has 0 radical (unpaired) electrons. The number of rotatable bonds is 1. The zero-order valence-corrected chi connectivity index (χ0v) is 16.3. The van der Waals surface area contributed by atoms with Crippen molar-refractivity contribution in [3.05, 3.63) is 35.5 Å². The van der Waals surface area contributed by atoms with E-state index in [-0.39, 0.29) is 5.54 Å². The second-order valence-corrected chi connectivity index (χ2v) is 8.55. The summed E-state index contributed by atoms with van der Waals surface area (Å²) in [6.45, 7) is 12.5. The van der Waals surface area contributed by atoms with Crippen LogP contribution in [0.25, 0.3) is 22.1 Å². The molecule has 1 aromatic carbocycles. The number of anilines is 1. The minimum Gasteiger partial charge on any atom is -0.436 e. The molecule has 2 aromatic heterocycles. The maximum Gasteiger partial charge on any atom is 0.227 e. The Morgan fingerprint density at radius 1 is 1.12 bits per heavy atom. The molecule has 2 bridgehead atoms. The number of aryl methyl sites for hydroxylation is 2. The molecule has 3 saturated heterocycles. The Bertz CT molecular complexity index is 1020. The molecule has 3 aromatic rings. The van der Waals surface area contributed by atoms with Crippen molar-refractivity contribution >= 4 is 27.8 Å². The van der Waals surface area contributed by atoms with Crippen LogP contribution in [0.1, 0.15) is 44.9 Å². The monoisotopic (exact) mass is 349 g/mol. The van der Waals surface area contributed by atoms with Crippen molar-refractivity contribution in [2.75, 3.05) is 11.4 Å². The summed E-state index contributed by atoms with van der Waals surface area (Å²) in [4.78, 5) is 9.89. The largest absolute Gasteiger partial charge is 0.436 e. The normalized spacial score (nSPS) is 31.3. The van der Waals surface area contributed by atoms with E-state index in [9.17, 15) is 0 Å². The number of aromatic nitrogens is 1. The SMILES string of the molecule is Cc1ccc2c(n1)oc1c(N3C(C)N4CCC3(C)CC4C)c(C)ccc12. The molecule has 4 heteroatoms. The summed E-state index contributed by atoms with van der Waals surface area (Å²) in [5.41, 5.74) is 5.45. The fraction of sp³-hybridized carbons (Fsp3) is 0.500. The van der Waals surface area contributed by atoms with E-state index in [1.807, 2.05) is 6.92 Å². The highest BCUT2D eigenvalue weighted by Gasteiger charge is 2.50. The first kappa shape index (κ1) is 16.1. The van der Waals surface area contributed by atoms with Crippen molar-refractivity contribution in [1.82, 2.24) is 9.88 Å². The number of benzene rings is 1. The summed E-state index contributed by atoms with van der Waals surface area (Å²) in [5.74, 6) is 0. The standard InChI is InChI=1S/C22H27N3O/c1-13-6-8-17-18-9-7-14(2)23-21(18)26-20(17)19(13)25-16(4)24-11-10-22(25,5)12-15(24)3/h6-9,15-16H,10-12H2,1-5H3. The van der Waals surface area contributed by atoms with Crippen LogP contribution in [0.15, 0.2) is 28.7 Å². The highest BCUT2D eigenvalue weighted by atomic mass is 16.3. The molecule has 3 aliphatic heterocycles. The third-order valence-electron chi connectivity index (χ3n) is 6.71. The maximum absolute atomic E-state index is 6.35. The predicted molar refractivity (Wildman–Crippen MR) is 107 cm³/mol. The number of fused-ring (bicyclic) bond motifs is 6. The quantitative estimate of drug-likeness (QED) is 0.618. The van der Waals surface area contributed by atoms with Crippen LogP contribution in [0.5, 0.6) is 0 Å². The fourth-order valence-corrected chi connectivity index (χ4v) is 5.47. The van der Waals surface area contributed by atoms with Gasteiger partial charge in [0.05, 0.1) is 11.9 Å². The minimum atomic E-state index is 0.176. The van der Waals surface area contributed by atoms with Crippen LogP contribution in [0, 0.1) is 13.8 Å². The lowest BCUT2D eigenvalue weighted by Crippen LogP contribution is -2.71. The molecule has 0 aliphatic carbocycles. The van der Waals surface area contributed by atoms with Crippen molar-refractivity contribution in [2.24, 2.45) is 0 Å². The highest BCUT2D eigenvalue weighted by Crippen LogP contribution is 2.48. The van der Waals surface area contributed by atoms with Gasteiger partial charge in [-0.2, -0.15) is 0 Å². The summed E-state index contributed by atoms with van der Waals surface area (Å²) >= 11 is 0. The smallest absolute Gasteiger partial charge is 0.227 e. The van der Waals surface area contributed by atoms with Gasteiger partial charge < -0.3 is 9.32 Å². The van der Waals surface area contributed by atoms with E-state index in [0.717, 1.165) is 22.4 Å². The first-order valence-corrected chi connectivity index (χ1v) is 9.73. The molecule has 4 unspecified atom stereocenters. The van der Waals surface area contributed by atoms with Crippen molar-refractivity contribution in [1.29, 1.82) is 0 Å². The highest BCUT2D eigenvalue weighted by molar-refractivity contribution is 6.08. The Morgan fingerprint density at radius 2 is 1.88 bits per heavy atom. The number of hydrogen-bond donors (Lipinski definition) is 0. The van der Waals surface area contributed by atoms with E-state index in [0.29, 0.717) is 12.2 Å². The van der Waals surface area contributed by atoms with Gasteiger partial charge in [-0.25, -0.2) is 4.98 Å². The lowest BCUT2D eigenvalue weighted by Gasteiger charge is -2.62. The van der Waals surface area contributed by atoms with Crippen LogP contribution in [-0.2, 0) is 0 Å². The molecule has 0 saturated carbocycles. The van der Waals surface area contributed by atoms with Gasteiger partial charge in [0.2, 0.25) is 5.71 Å². The molecule has 26 heavy (non-hydrogen) atoms. The molecule has 3 fully saturated rings. The Morgan fingerprint density at radius 3 is 2.62 bits per heavy atom. The second kappa shape index (κ2) is 5.23. The number of furan rings is 1. The molecule has 3 aliphatic rings. The molecule has 4 nitrogen and oxygen atoms in total. The third-order valence-corrected chi connectivity index (χ3v) is 6.71. The number of nitrogens with zero attached hydrogens (tertiary/aromatic N) is 3. The van der Waals surface area contributed by atoms with Crippen molar-refractivity contribution < 1.29 is 4.42 Å². The van der Waals surface area contributed by atoms with Gasteiger partial charge in [-0.05, 0) is 65.2 Å². The van der Waals surface area contributed by atoms with E-state index in [1.54, 1.807) is 0 Å². The zero-order chi connectivity index (χ0) is 18.2. The third kappa shape index (κ3) is 2.02.